The zero-order valence-electron chi connectivity index (χ0n) is 9.98. The molecule has 0 spiro atoms. The molecule has 1 aliphatic rings. The minimum atomic E-state index is -4.09. The molecule has 0 aromatic carbocycles. The molecular weight excluding hydrogens is 217 g/mol. The van der Waals surface area contributed by atoms with Crippen molar-refractivity contribution in [2.75, 3.05) is 20.1 Å². The van der Waals surface area contributed by atoms with Gasteiger partial charge in [0.05, 0.1) is 6.54 Å². The highest BCUT2D eigenvalue weighted by atomic mass is 19.4. The Morgan fingerprint density at radius 2 is 2.00 bits per heavy atom. The van der Waals surface area contributed by atoms with Crippen LogP contribution < -0.4 is 5.32 Å². The summed E-state index contributed by atoms with van der Waals surface area (Å²) in [4.78, 5) is 1.59. The van der Waals surface area contributed by atoms with Gasteiger partial charge >= 0.3 is 6.18 Å². The summed E-state index contributed by atoms with van der Waals surface area (Å²) < 4.78 is 37.4. The summed E-state index contributed by atoms with van der Waals surface area (Å²) in [6.45, 7) is 1.68. The van der Waals surface area contributed by atoms with Crippen molar-refractivity contribution in [1.29, 1.82) is 0 Å². The molecule has 2 atom stereocenters. The Morgan fingerprint density at radius 3 is 2.50 bits per heavy atom. The first-order valence-corrected chi connectivity index (χ1v) is 5.96. The van der Waals surface area contributed by atoms with Gasteiger partial charge in [-0.05, 0) is 32.9 Å². The molecule has 0 aliphatic heterocycles. The molecule has 96 valence electrons. The number of halogens is 3. The maximum absolute atomic E-state index is 12.5. The Hall–Kier alpha value is -0.290. The first-order valence-electron chi connectivity index (χ1n) is 5.96. The van der Waals surface area contributed by atoms with Crippen molar-refractivity contribution in [3.8, 4) is 0 Å². The molecule has 0 saturated heterocycles. The number of hydrogen-bond acceptors (Lipinski definition) is 2. The molecule has 1 N–H and O–H groups in total. The van der Waals surface area contributed by atoms with Crippen LogP contribution in [0.4, 0.5) is 13.2 Å². The van der Waals surface area contributed by atoms with Crippen molar-refractivity contribution >= 4 is 0 Å². The Balaban J connectivity index is 2.61. The van der Waals surface area contributed by atoms with Crippen LogP contribution in [-0.4, -0.2) is 43.3 Å². The molecule has 2 unspecified atom stereocenters. The van der Waals surface area contributed by atoms with Gasteiger partial charge in [0.2, 0.25) is 0 Å². The highest BCUT2D eigenvalue weighted by Crippen LogP contribution is 2.27. The van der Waals surface area contributed by atoms with Gasteiger partial charge in [-0.15, -0.1) is 0 Å². The lowest BCUT2D eigenvalue weighted by Gasteiger charge is -2.33. The molecule has 1 fully saturated rings. The van der Waals surface area contributed by atoms with Crippen LogP contribution in [0.2, 0.25) is 0 Å². The van der Waals surface area contributed by atoms with E-state index in [1.165, 1.54) is 0 Å². The molecule has 0 amide bonds. The molecule has 5 heteroatoms. The quantitative estimate of drug-likeness (QED) is 0.791. The first-order chi connectivity index (χ1) is 7.48. The molecular formula is C11H21F3N2. The van der Waals surface area contributed by atoms with Gasteiger partial charge < -0.3 is 5.32 Å². The summed E-state index contributed by atoms with van der Waals surface area (Å²) in [5.74, 6) is 0. The SMILES string of the molecule is CCCN(CC(F)(F)F)C1CCCC1NC. The number of alkyl halides is 3. The van der Waals surface area contributed by atoms with Crippen LogP contribution in [0.15, 0.2) is 0 Å². The summed E-state index contributed by atoms with van der Waals surface area (Å²) in [5.41, 5.74) is 0. The van der Waals surface area contributed by atoms with Crippen LogP contribution in [-0.2, 0) is 0 Å². The summed E-state index contributed by atoms with van der Waals surface area (Å²) >= 11 is 0. The van der Waals surface area contributed by atoms with Gasteiger partial charge in [-0.25, -0.2) is 0 Å². The van der Waals surface area contributed by atoms with E-state index in [-0.39, 0.29) is 12.1 Å². The third-order valence-electron chi connectivity index (χ3n) is 3.21. The zero-order valence-corrected chi connectivity index (χ0v) is 9.98. The van der Waals surface area contributed by atoms with E-state index in [0.717, 1.165) is 25.7 Å². The summed E-state index contributed by atoms with van der Waals surface area (Å²) in [7, 11) is 1.83. The van der Waals surface area contributed by atoms with Gasteiger partial charge in [0.15, 0.2) is 0 Å². The van der Waals surface area contributed by atoms with Crippen LogP contribution in [0, 0.1) is 0 Å². The minimum Gasteiger partial charge on any atom is -0.315 e. The monoisotopic (exact) mass is 238 g/mol. The van der Waals surface area contributed by atoms with Crippen LogP contribution in [0.5, 0.6) is 0 Å². The minimum absolute atomic E-state index is 0.0478. The van der Waals surface area contributed by atoms with Crippen LogP contribution in [0.1, 0.15) is 32.6 Å². The molecule has 1 saturated carbocycles. The van der Waals surface area contributed by atoms with Crippen molar-refractivity contribution in [3.63, 3.8) is 0 Å². The topological polar surface area (TPSA) is 15.3 Å². The van der Waals surface area contributed by atoms with E-state index in [9.17, 15) is 13.2 Å². The predicted molar refractivity (Wildman–Crippen MR) is 58.4 cm³/mol. The smallest absolute Gasteiger partial charge is 0.315 e. The Bertz CT molecular complexity index is 206. The van der Waals surface area contributed by atoms with Crippen LogP contribution in [0.25, 0.3) is 0 Å². The summed E-state index contributed by atoms with van der Waals surface area (Å²) in [6, 6.07) is 0.264. The van der Waals surface area contributed by atoms with Crippen molar-refractivity contribution in [3.05, 3.63) is 0 Å². The van der Waals surface area contributed by atoms with E-state index in [4.69, 9.17) is 0 Å². The average Bonchev–Trinajstić information content (AvgIpc) is 2.62. The third-order valence-corrected chi connectivity index (χ3v) is 3.21. The number of likely N-dealkylation sites (N-methyl/N-ethyl adjacent to an activating group) is 1. The fraction of sp³-hybridized carbons (Fsp3) is 1.00. The maximum Gasteiger partial charge on any atom is 0.401 e. The van der Waals surface area contributed by atoms with Gasteiger partial charge in [0.1, 0.15) is 0 Å². The number of hydrogen-bond donors (Lipinski definition) is 1. The first kappa shape index (κ1) is 13.8. The van der Waals surface area contributed by atoms with E-state index in [0.29, 0.717) is 6.54 Å². The molecule has 0 heterocycles. The summed E-state index contributed by atoms with van der Waals surface area (Å²) in [5, 5.41) is 3.13. The number of nitrogens with zero attached hydrogens (tertiary/aromatic N) is 1. The lowest BCUT2D eigenvalue weighted by atomic mass is 10.1. The maximum atomic E-state index is 12.5. The Labute approximate surface area is 95.2 Å². The van der Waals surface area contributed by atoms with Crippen molar-refractivity contribution in [1.82, 2.24) is 10.2 Å². The van der Waals surface area contributed by atoms with Crippen LogP contribution >= 0.6 is 0 Å². The Kier molecular flexibility index (Phi) is 5.05. The van der Waals surface area contributed by atoms with Crippen molar-refractivity contribution in [2.45, 2.75) is 50.9 Å². The molecule has 16 heavy (non-hydrogen) atoms. The molecule has 0 aromatic heterocycles. The van der Waals surface area contributed by atoms with E-state index >= 15 is 0 Å². The van der Waals surface area contributed by atoms with Crippen LogP contribution in [0.3, 0.4) is 0 Å². The molecule has 0 radical (unpaired) electrons. The van der Waals surface area contributed by atoms with E-state index < -0.39 is 12.7 Å². The standard InChI is InChI=1S/C11H21F3N2/c1-3-7-16(8-11(12,13)14)10-6-4-5-9(10)15-2/h9-10,15H,3-8H2,1-2H3. The molecule has 1 rings (SSSR count). The van der Waals surface area contributed by atoms with Gasteiger partial charge in [-0.2, -0.15) is 13.2 Å². The largest absolute Gasteiger partial charge is 0.401 e. The lowest BCUT2D eigenvalue weighted by Crippen LogP contribution is -2.49. The van der Waals surface area contributed by atoms with E-state index in [2.05, 4.69) is 5.32 Å². The van der Waals surface area contributed by atoms with Gasteiger partial charge in [-0.1, -0.05) is 13.3 Å². The lowest BCUT2D eigenvalue weighted by molar-refractivity contribution is -0.151. The molecule has 0 aromatic rings. The fourth-order valence-corrected chi connectivity index (χ4v) is 2.59. The number of nitrogens with one attached hydrogen (secondary N) is 1. The fourth-order valence-electron chi connectivity index (χ4n) is 2.59. The Morgan fingerprint density at radius 1 is 1.31 bits per heavy atom. The van der Waals surface area contributed by atoms with Gasteiger partial charge in [0.25, 0.3) is 0 Å². The molecule has 0 bridgehead atoms. The van der Waals surface area contributed by atoms with Crippen molar-refractivity contribution < 1.29 is 13.2 Å². The normalized spacial score (nSPS) is 26.6. The number of rotatable bonds is 5. The highest BCUT2D eigenvalue weighted by molar-refractivity contribution is 4.90. The average molecular weight is 238 g/mol. The van der Waals surface area contributed by atoms with E-state index in [1.807, 2.05) is 14.0 Å². The van der Waals surface area contributed by atoms with Crippen molar-refractivity contribution in [2.24, 2.45) is 0 Å². The molecule has 1 aliphatic carbocycles. The third kappa shape index (κ3) is 3.94. The zero-order chi connectivity index (χ0) is 12.2. The second kappa shape index (κ2) is 5.87. The second-order valence-electron chi connectivity index (χ2n) is 4.48. The molecule has 2 nitrogen and oxygen atoms in total. The van der Waals surface area contributed by atoms with Gasteiger partial charge in [-0.3, -0.25) is 4.90 Å². The van der Waals surface area contributed by atoms with Gasteiger partial charge in [0, 0.05) is 12.1 Å². The second-order valence-corrected chi connectivity index (χ2v) is 4.48. The van der Waals surface area contributed by atoms with E-state index in [1.54, 1.807) is 4.90 Å². The highest BCUT2D eigenvalue weighted by Gasteiger charge is 2.37. The predicted octanol–water partition coefficient (Wildman–Crippen LogP) is 2.40. The summed E-state index contributed by atoms with van der Waals surface area (Å²) in [6.07, 6.45) is -0.436.